The van der Waals surface area contributed by atoms with E-state index in [2.05, 4.69) is 36.8 Å². The van der Waals surface area contributed by atoms with Gasteiger partial charge < -0.3 is 0 Å². The standard InChI is InChI=1S/C16H16N2.2BrH.Pd/c1-13(17-15-9-5-3-6-10-15)14(2)18-16-11-7-4-8-12-16;;;/h3-12H,1-2H3;2*1H;/q;;;+2/p-2. The predicted molar refractivity (Wildman–Crippen MR) is 96.3 cm³/mol. The molecular formula is C16H16Br2N2Pd. The van der Waals surface area contributed by atoms with Gasteiger partial charge in [0.25, 0.3) is 0 Å². The molecule has 0 aliphatic heterocycles. The summed E-state index contributed by atoms with van der Waals surface area (Å²) in [6.45, 7) is 3.96. The predicted octanol–water partition coefficient (Wildman–Crippen LogP) is 6.26. The molecule has 2 nitrogen and oxygen atoms in total. The molecule has 2 rings (SSSR count). The van der Waals surface area contributed by atoms with Crippen LogP contribution in [0.2, 0.25) is 0 Å². The van der Waals surface area contributed by atoms with Gasteiger partial charge in [-0.1, -0.05) is 36.4 Å². The van der Waals surface area contributed by atoms with E-state index >= 15 is 0 Å². The van der Waals surface area contributed by atoms with Crippen molar-refractivity contribution in [1.29, 1.82) is 0 Å². The van der Waals surface area contributed by atoms with Gasteiger partial charge in [-0.05, 0) is 38.1 Å². The van der Waals surface area contributed by atoms with Gasteiger partial charge in [0.1, 0.15) is 0 Å². The maximum atomic E-state index is 4.54. The molecule has 0 aliphatic rings. The SMILES string of the molecule is CC(=Nc1ccccc1)C(C)=Nc1ccccc1.[Br][Pd][Br]. The first kappa shape index (κ1) is 18.5. The number of halogens is 2. The zero-order valence-electron chi connectivity index (χ0n) is 11.7. The summed E-state index contributed by atoms with van der Waals surface area (Å²) in [6, 6.07) is 19.8. The van der Waals surface area contributed by atoms with Crippen molar-refractivity contribution < 1.29 is 13.9 Å². The summed E-state index contributed by atoms with van der Waals surface area (Å²) in [5, 5.41) is 0. The van der Waals surface area contributed by atoms with Gasteiger partial charge in [-0.3, -0.25) is 9.98 Å². The Morgan fingerprint density at radius 1 is 0.714 bits per heavy atom. The Morgan fingerprint density at radius 3 is 1.29 bits per heavy atom. The van der Waals surface area contributed by atoms with E-state index in [9.17, 15) is 0 Å². The van der Waals surface area contributed by atoms with Gasteiger partial charge in [0.2, 0.25) is 0 Å². The van der Waals surface area contributed by atoms with Gasteiger partial charge >= 0.3 is 40.8 Å². The van der Waals surface area contributed by atoms with E-state index in [1.54, 1.807) is 0 Å². The van der Waals surface area contributed by atoms with Crippen LogP contribution in [-0.2, 0) is 13.9 Å². The summed E-state index contributed by atoms with van der Waals surface area (Å²) in [7, 11) is 0. The number of hydrogen-bond donors (Lipinski definition) is 0. The van der Waals surface area contributed by atoms with Crippen LogP contribution in [0.3, 0.4) is 0 Å². The number of para-hydroxylation sites is 2. The van der Waals surface area contributed by atoms with Crippen LogP contribution in [0.5, 0.6) is 0 Å². The molecule has 0 atom stereocenters. The molecule has 0 heterocycles. The van der Waals surface area contributed by atoms with E-state index in [1.807, 2.05) is 74.5 Å². The molecular weight excluding hydrogens is 486 g/mol. The molecule has 2 aromatic rings. The van der Waals surface area contributed by atoms with Gasteiger partial charge in [0.05, 0.1) is 22.8 Å². The van der Waals surface area contributed by atoms with Gasteiger partial charge in [0, 0.05) is 0 Å². The molecule has 0 unspecified atom stereocenters. The summed E-state index contributed by atoms with van der Waals surface area (Å²) >= 11 is 6.80. The van der Waals surface area contributed by atoms with Gasteiger partial charge in [-0.25, -0.2) is 0 Å². The first-order valence-corrected chi connectivity index (χ1v) is 13.3. The van der Waals surface area contributed by atoms with Gasteiger partial charge in [0.15, 0.2) is 0 Å². The average molecular weight is 503 g/mol. The second-order valence-electron chi connectivity index (χ2n) is 4.11. The molecule has 0 radical (unpaired) electrons. The molecule has 0 saturated carbocycles. The molecule has 0 bridgehead atoms. The van der Waals surface area contributed by atoms with Crippen molar-refractivity contribution >= 4 is 49.7 Å². The molecule has 0 saturated heterocycles. The van der Waals surface area contributed by atoms with Gasteiger partial charge in [-0.15, -0.1) is 0 Å². The maximum absolute atomic E-state index is 4.54. The Balaban J connectivity index is 0.000000677. The molecule has 21 heavy (non-hydrogen) atoms. The molecule has 2 aromatic carbocycles. The fourth-order valence-electron chi connectivity index (χ4n) is 1.55. The Kier molecular flexibility index (Phi) is 9.69. The van der Waals surface area contributed by atoms with Gasteiger partial charge in [-0.2, -0.15) is 0 Å². The first-order valence-electron chi connectivity index (χ1n) is 6.20. The average Bonchev–Trinajstić information content (AvgIpc) is 2.50. The molecule has 0 aromatic heterocycles. The number of aliphatic imine (C=N–C) groups is 2. The van der Waals surface area contributed by atoms with Crippen molar-refractivity contribution in [2.24, 2.45) is 9.98 Å². The Hall–Kier alpha value is -0.598. The second kappa shape index (κ2) is 11.0. The van der Waals surface area contributed by atoms with E-state index in [0.29, 0.717) is 13.9 Å². The summed E-state index contributed by atoms with van der Waals surface area (Å²) < 4.78 is 0. The van der Waals surface area contributed by atoms with Crippen molar-refractivity contribution in [1.82, 2.24) is 0 Å². The molecule has 114 valence electrons. The first-order chi connectivity index (χ1) is 10.2. The van der Waals surface area contributed by atoms with Crippen molar-refractivity contribution in [3.63, 3.8) is 0 Å². The van der Waals surface area contributed by atoms with E-state index in [-0.39, 0.29) is 0 Å². The van der Waals surface area contributed by atoms with Crippen LogP contribution in [0.25, 0.3) is 0 Å². The fourth-order valence-corrected chi connectivity index (χ4v) is 1.55. The zero-order chi connectivity index (χ0) is 15.5. The number of nitrogens with zero attached hydrogens (tertiary/aromatic N) is 2. The van der Waals surface area contributed by atoms with Crippen LogP contribution >= 0.6 is 26.9 Å². The van der Waals surface area contributed by atoms with Crippen molar-refractivity contribution in [3.8, 4) is 0 Å². The normalized spacial score (nSPS) is 11.8. The Bertz CT molecular complexity index is 530. The Morgan fingerprint density at radius 2 is 1.00 bits per heavy atom. The van der Waals surface area contributed by atoms with Crippen LogP contribution in [-0.4, -0.2) is 11.4 Å². The molecule has 0 fully saturated rings. The van der Waals surface area contributed by atoms with E-state index in [1.165, 1.54) is 0 Å². The van der Waals surface area contributed by atoms with Crippen molar-refractivity contribution in [3.05, 3.63) is 60.7 Å². The summed E-state index contributed by atoms with van der Waals surface area (Å²) in [6.07, 6.45) is 0. The summed E-state index contributed by atoms with van der Waals surface area (Å²) in [4.78, 5) is 9.08. The van der Waals surface area contributed by atoms with Crippen LogP contribution in [0.15, 0.2) is 70.6 Å². The molecule has 0 amide bonds. The zero-order valence-corrected chi connectivity index (χ0v) is 16.5. The Labute approximate surface area is 147 Å². The number of hydrogen-bond acceptors (Lipinski definition) is 2. The summed E-state index contributed by atoms with van der Waals surface area (Å²) in [5.74, 6) is 0. The minimum absolute atomic E-state index is 0.575. The second-order valence-corrected chi connectivity index (χ2v) is 11.3. The van der Waals surface area contributed by atoms with Crippen molar-refractivity contribution in [2.45, 2.75) is 13.8 Å². The third-order valence-corrected chi connectivity index (χ3v) is 2.63. The molecule has 0 spiro atoms. The summed E-state index contributed by atoms with van der Waals surface area (Å²) in [5.41, 5.74) is 3.78. The molecule has 0 N–H and O–H groups in total. The third-order valence-electron chi connectivity index (χ3n) is 2.63. The van der Waals surface area contributed by atoms with Crippen LogP contribution in [0.1, 0.15) is 13.8 Å². The molecule has 5 heteroatoms. The number of benzene rings is 2. The molecule has 0 aliphatic carbocycles. The van der Waals surface area contributed by atoms with E-state index in [4.69, 9.17) is 0 Å². The topological polar surface area (TPSA) is 24.7 Å². The fraction of sp³-hybridized carbons (Fsp3) is 0.125. The van der Waals surface area contributed by atoms with Crippen molar-refractivity contribution in [2.75, 3.05) is 0 Å². The van der Waals surface area contributed by atoms with Crippen LogP contribution in [0, 0.1) is 0 Å². The monoisotopic (exact) mass is 500 g/mol. The van der Waals surface area contributed by atoms with Crippen LogP contribution < -0.4 is 0 Å². The quantitative estimate of drug-likeness (QED) is 0.350. The minimum atomic E-state index is 0.575. The van der Waals surface area contributed by atoms with E-state index in [0.717, 1.165) is 22.8 Å². The van der Waals surface area contributed by atoms with E-state index < -0.39 is 0 Å². The van der Waals surface area contributed by atoms with Crippen LogP contribution in [0.4, 0.5) is 11.4 Å². The third kappa shape index (κ3) is 7.83. The number of rotatable bonds is 3.